The number of nitrogens with zero attached hydrogens (tertiary/aromatic N) is 2. The molecular weight excluding hydrogens is 268 g/mol. The first-order chi connectivity index (χ1) is 9.50. The molecule has 0 N–H and O–H groups in total. The van der Waals surface area contributed by atoms with Gasteiger partial charge in [0.25, 0.3) is 0 Å². The predicted molar refractivity (Wildman–Crippen MR) is 83.6 cm³/mol. The first kappa shape index (κ1) is 14.9. The second-order valence-electron chi connectivity index (χ2n) is 5.13. The van der Waals surface area contributed by atoms with Gasteiger partial charge in [-0.2, -0.15) is 0 Å². The lowest BCUT2D eigenvalue weighted by Crippen LogP contribution is -2.08. The number of Topliss-reactive ketones (excluding diaryl/α,β-unsaturated/α-hetero) is 1. The van der Waals surface area contributed by atoms with Crippen molar-refractivity contribution in [3.63, 3.8) is 0 Å². The molecule has 0 saturated carbocycles. The van der Waals surface area contributed by atoms with Crippen LogP contribution in [0.1, 0.15) is 41.6 Å². The molecule has 0 aliphatic rings. The quantitative estimate of drug-likeness (QED) is 0.615. The van der Waals surface area contributed by atoms with Crippen molar-refractivity contribution in [2.45, 2.75) is 38.8 Å². The lowest BCUT2D eigenvalue weighted by atomic mass is 10.2. The van der Waals surface area contributed by atoms with Gasteiger partial charge >= 0.3 is 0 Å². The van der Waals surface area contributed by atoms with Crippen LogP contribution in [0, 0.1) is 13.8 Å². The predicted octanol–water partition coefficient (Wildman–Crippen LogP) is 4.06. The topological polar surface area (TPSA) is 34.9 Å². The molecule has 2 rings (SSSR count). The van der Waals surface area contributed by atoms with Gasteiger partial charge in [0.2, 0.25) is 0 Å². The Bertz CT molecular complexity index is 602. The normalized spacial score (nSPS) is 11.1. The zero-order chi connectivity index (χ0) is 14.7. The van der Waals surface area contributed by atoms with Gasteiger partial charge in [0.15, 0.2) is 5.78 Å². The molecule has 2 aromatic heterocycles. The summed E-state index contributed by atoms with van der Waals surface area (Å²) in [6.45, 7) is 8.34. The van der Waals surface area contributed by atoms with Crippen LogP contribution < -0.4 is 0 Å². The summed E-state index contributed by atoms with van der Waals surface area (Å²) in [6, 6.07) is 8.11. The minimum Gasteiger partial charge on any atom is -0.346 e. The van der Waals surface area contributed by atoms with Gasteiger partial charge in [-0.3, -0.25) is 4.79 Å². The van der Waals surface area contributed by atoms with Crippen molar-refractivity contribution in [3.8, 4) is 0 Å². The van der Waals surface area contributed by atoms with Crippen LogP contribution in [0.5, 0.6) is 0 Å². The van der Waals surface area contributed by atoms with E-state index >= 15 is 0 Å². The number of thioether (sulfide) groups is 1. The van der Waals surface area contributed by atoms with Gasteiger partial charge in [-0.05, 0) is 45.9 Å². The van der Waals surface area contributed by atoms with Gasteiger partial charge in [0, 0.05) is 29.2 Å². The molecule has 0 spiro atoms. The summed E-state index contributed by atoms with van der Waals surface area (Å²) in [4.78, 5) is 16.6. The van der Waals surface area contributed by atoms with Crippen molar-refractivity contribution < 1.29 is 4.79 Å². The molecule has 20 heavy (non-hydrogen) atoms. The van der Waals surface area contributed by atoms with Crippen LogP contribution in [0.25, 0.3) is 0 Å². The summed E-state index contributed by atoms with van der Waals surface area (Å²) in [6.07, 6.45) is 1.75. The fourth-order valence-electron chi connectivity index (χ4n) is 2.50. The van der Waals surface area contributed by atoms with Crippen LogP contribution in [0.2, 0.25) is 0 Å². The standard InChI is InChI=1S/C16H20N2OS/c1-11(2)18-12(3)9-14(13(18)4)15(19)10-20-16-7-5-6-8-17-16/h5-9,11H,10H2,1-4H3. The van der Waals surface area contributed by atoms with Crippen LogP contribution in [0.4, 0.5) is 0 Å². The monoisotopic (exact) mass is 288 g/mol. The van der Waals surface area contributed by atoms with E-state index in [1.54, 1.807) is 6.20 Å². The summed E-state index contributed by atoms with van der Waals surface area (Å²) in [7, 11) is 0. The van der Waals surface area contributed by atoms with Crippen LogP contribution in [-0.4, -0.2) is 21.1 Å². The van der Waals surface area contributed by atoms with Gasteiger partial charge < -0.3 is 4.57 Å². The fourth-order valence-corrected chi connectivity index (χ4v) is 3.25. The van der Waals surface area contributed by atoms with Crippen LogP contribution in [-0.2, 0) is 0 Å². The van der Waals surface area contributed by atoms with E-state index in [4.69, 9.17) is 0 Å². The van der Waals surface area contributed by atoms with Crippen molar-refractivity contribution in [2.75, 3.05) is 5.75 Å². The molecule has 0 aromatic carbocycles. The Kier molecular flexibility index (Phi) is 4.65. The van der Waals surface area contributed by atoms with E-state index < -0.39 is 0 Å². The van der Waals surface area contributed by atoms with Crippen LogP contribution in [0.3, 0.4) is 0 Å². The smallest absolute Gasteiger partial charge is 0.174 e. The number of pyridine rings is 1. The lowest BCUT2D eigenvalue weighted by molar-refractivity contribution is 0.102. The molecule has 0 atom stereocenters. The van der Waals surface area contributed by atoms with E-state index in [-0.39, 0.29) is 5.78 Å². The van der Waals surface area contributed by atoms with Crippen LogP contribution >= 0.6 is 11.8 Å². The Labute approximate surface area is 124 Å². The van der Waals surface area contributed by atoms with Gasteiger partial charge in [-0.25, -0.2) is 4.98 Å². The number of hydrogen-bond donors (Lipinski definition) is 0. The van der Waals surface area contributed by atoms with Crippen molar-refractivity contribution in [2.24, 2.45) is 0 Å². The van der Waals surface area contributed by atoms with E-state index in [9.17, 15) is 4.79 Å². The number of aromatic nitrogens is 2. The second-order valence-corrected chi connectivity index (χ2v) is 6.12. The SMILES string of the molecule is Cc1cc(C(=O)CSc2ccccn2)c(C)n1C(C)C. The first-order valence-electron chi connectivity index (χ1n) is 6.76. The largest absolute Gasteiger partial charge is 0.346 e. The summed E-state index contributed by atoms with van der Waals surface area (Å²) < 4.78 is 2.21. The Hall–Kier alpha value is -1.55. The number of carbonyl (C=O) groups excluding carboxylic acids is 1. The zero-order valence-corrected chi connectivity index (χ0v) is 13.2. The van der Waals surface area contributed by atoms with E-state index in [1.165, 1.54) is 11.8 Å². The van der Waals surface area contributed by atoms with E-state index in [1.807, 2.05) is 31.2 Å². The molecule has 0 saturated heterocycles. The van der Waals surface area contributed by atoms with Gasteiger partial charge in [-0.1, -0.05) is 17.8 Å². The molecule has 0 unspecified atom stereocenters. The molecule has 0 amide bonds. The third-order valence-electron chi connectivity index (χ3n) is 3.29. The maximum atomic E-state index is 12.4. The third-order valence-corrected chi connectivity index (χ3v) is 4.23. The molecule has 0 fully saturated rings. The first-order valence-corrected chi connectivity index (χ1v) is 7.74. The molecule has 4 heteroatoms. The number of carbonyl (C=O) groups is 1. The fraction of sp³-hybridized carbons (Fsp3) is 0.375. The van der Waals surface area contributed by atoms with Crippen molar-refractivity contribution in [1.82, 2.24) is 9.55 Å². The number of aryl methyl sites for hydroxylation is 1. The highest BCUT2D eigenvalue weighted by atomic mass is 32.2. The molecule has 0 bridgehead atoms. The molecule has 0 radical (unpaired) electrons. The second kappa shape index (κ2) is 6.27. The number of hydrogen-bond acceptors (Lipinski definition) is 3. The van der Waals surface area contributed by atoms with Gasteiger partial charge in [-0.15, -0.1) is 0 Å². The van der Waals surface area contributed by atoms with Crippen molar-refractivity contribution in [1.29, 1.82) is 0 Å². The Morgan fingerprint density at radius 3 is 2.65 bits per heavy atom. The molecule has 106 valence electrons. The van der Waals surface area contributed by atoms with Gasteiger partial charge in [0.05, 0.1) is 10.8 Å². The van der Waals surface area contributed by atoms with Crippen LogP contribution in [0.15, 0.2) is 35.5 Å². The maximum absolute atomic E-state index is 12.4. The third kappa shape index (κ3) is 3.12. The molecule has 2 heterocycles. The molecule has 0 aliphatic carbocycles. The summed E-state index contributed by atoms with van der Waals surface area (Å²) in [5, 5.41) is 0.888. The van der Waals surface area contributed by atoms with Crippen molar-refractivity contribution >= 4 is 17.5 Å². The lowest BCUT2D eigenvalue weighted by Gasteiger charge is -2.13. The maximum Gasteiger partial charge on any atom is 0.174 e. The highest BCUT2D eigenvalue weighted by molar-refractivity contribution is 7.99. The van der Waals surface area contributed by atoms with E-state index in [0.717, 1.165) is 22.0 Å². The summed E-state index contributed by atoms with van der Waals surface area (Å²) in [5.74, 6) is 0.597. The molecular formula is C16H20N2OS. The average molecular weight is 288 g/mol. The van der Waals surface area contributed by atoms with E-state index in [2.05, 4.69) is 30.3 Å². The minimum absolute atomic E-state index is 0.167. The average Bonchev–Trinajstić information content (AvgIpc) is 2.72. The Balaban J connectivity index is 2.12. The summed E-state index contributed by atoms with van der Waals surface area (Å²) in [5.41, 5.74) is 3.03. The minimum atomic E-state index is 0.167. The number of ketones is 1. The molecule has 2 aromatic rings. The highest BCUT2D eigenvalue weighted by Crippen LogP contribution is 2.23. The van der Waals surface area contributed by atoms with Crippen molar-refractivity contribution in [3.05, 3.63) is 47.4 Å². The molecule has 0 aliphatic heterocycles. The highest BCUT2D eigenvalue weighted by Gasteiger charge is 2.17. The van der Waals surface area contributed by atoms with Gasteiger partial charge in [0.1, 0.15) is 0 Å². The number of rotatable bonds is 5. The Morgan fingerprint density at radius 1 is 1.35 bits per heavy atom. The Morgan fingerprint density at radius 2 is 2.10 bits per heavy atom. The zero-order valence-electron chi connectivity index (χ0n) is 12.4. The van der Waals surface area contributed by atoms with E-state index in [0.29, 0.717) is 11.8 Å². The molecule has 3 nitrogen and oxygen atoms in total. The summed E-state index contributed by atoms with van der Waals surface area (Å²) >= 11 is 1.49.